The zero-order chi connectivity index (χ0) is 18.0. The van der Waals surface area contributed by atoms with Crippen LogP contribution in [0, 0.1) is 13.8 Å². The topological polar surface area (TPSA) is 60.1 Å². The molecule has 0 atom stereocenters. The molecular weight excluding hydrogens is 316 g/mol. The van der Waals surface area contributed by atoms with Crippen LogP contribution < -0.4 is 10.6 Å². The summed E-state index contributed by atoms with van der Waals surface area (Å²) in [5.74, 6) is 0.705. The van der Waals surface area contributed by atoms with Crippen molar-refractivity contribution in [2.24, 2.45) is 0 Å². The van der Waals surface area contributed by atoms with Gasteiger partial charge in [0.05, 0.1) is 0 Å². The molecule has 0 saturated carbocycles. The Morgan fingerprint density at radius 1 is 1.24 bits per heavy atom. The van der Waals surface area contributed by atoms with Crippen molar-refractivity contribution in [3.8, 4) is 0 Å². The molecule has 0 fully saturated rings. The average molecular weight is 342 g/mol. The number of rotatable bonds is 4. The van der Waals surface area contributed by atoms with Crippen LogP contribution in [-0.2, 0) is 24.3 Å². The first-order chi connectivity index (χ1) is 12.0. The van der Waals surface area contributed by atoms with Crippen molar-refractivity contribution in [1.82, 2.24) is 14.3 Å². The van der Waals surface area contributed by atoms with Gasteiger partial charge in [0.15, 0.2) is 0 Å². The molecule has 3 rings (SSSR count). The molecule has 1 aliphatic heterocycles. The van der Waals surface area contributed by atoms with E-state index in [1.165, 1.54) is 4.68 Å². The van der Waals surface area contributed by atoms with Crippen LogP contribution in [0.1, 0.15) is 43.1 Å². The highest BCUT2D eigenvalue weighted by molar-refractivity contribution is 5.93. The molecule has 6 nitrogen and oxygen atoms in total. The predicted molar refractivity (Wildman–Crippen MR) is 98.0 cm³/mol. The van der Waals surface area contributed by atoms with Gasteiger partial charge >= 0.3 is 5.69 Å². The lowest BCUT2D eigenvalue weighted by Crippen LogP contribution is -2.37. The number of carbonyl (C=O) groups excluding carboxylic acids is 1. The van der Waals surface area contributed by atoms with Gasteiger partial charge in [-0.25, -0.2) is 9.48 Å². The lowest BCUT2D eigenvalue weighted by atomic mass is 10.1. The van der Waals surface area contributed by atoms with Gasteiger partial charge in [0.25, 0.3) is 0 Å². The van der Waals surface area contributed by atoms with Crippen molar-refractivity contribution in [2.75, 3.05) is 11.4 Å². The first-order valence-corrected chi connectivity index (χ1v) is 9.05. The van der Waals surface area contributed by atoms with E-state index in [2.05, 4.69) is 5.10 Å². The standard InChI is InChI=1S/C19H26N4O2/c1-4-21(16-12-14(2)9-10-15(16)3)18(24)13-23-19(25)22-11-7-5-6-8-17(22)20-23/h9-10,12H,4-8,11,13H2,1-3H3. The number of benzene rings is 1. The molecule has 0 aliphatic carbocycles. The number of amides is 1. The van der Waals surface area contributed by atoms with Gasteiger partial charge in [-0.05, 0) is 50.8 Å². The summed E-state index contributed by atoms with van der Waals surface area (Å²) >= 11 is 0. The van der Waals surface area contributed by atoms with E-state index >= 15 is 0 Å². The van der Waals surface area contributed by atoms with Crippen LogP contribution in [0.25, 0.3) is 0 Å². The van der Waals surface area contributed by atoms with E-state index in [0.717, 1.165) is 48.3 Å². The van der Waals surface area contributed by atoms with Gasteiger partial charge in [0.2, 0.25) is 5.91 Å². The van der Waals surface area contributed by atoms with Crippen molar-refractivity contribution in [1.29, 1.82) is 0 Å². The number of aryl methyl sites for hydroxylation is 3. The minimum absolute atomic E-state index is 0.0138. The normalized spacial score (nSPS) is 14.0. The number of anilines is 1. The van der Waals surface area contributed by atoms with Crippen LogP contribution in [0.5, 0.6) is 0 Å². The van der Waals surface area contributed by atoms with Crippen molar-refractivity contribution in [3.63, 3.8) is 0 Å². The Bertz CT molecular complexity index is 834. The van der Waals surface area contributed by atoms with E-state index in [1.807, 2.05) is 39.0 Å². The maximum Gasteiger partial charge on any atom is 0.346 e. The van der Waals surface area contributed by atoms with Crippen LogP contribution >= 0.6 is 0 Å². The molecule has 1 aromatic heterocycles. The minimum atomic E-state index is -0.165. The lowest BCUT2D eigenvalue weighted by molar-refractivity contribution is -0.119. The number of nitrogens with zero attached hydrogens (tertiary/aromatic N) is 4. The van der Waals surface area contributed by atoms with E-state index in [9.17, 15) is 9.59 Å². The van der Waals surface area contributed by atoms with Gasteiger partial charge in [0.1, 0.15) is 12.4 Å². The van der Waals surface area contributed by atoms with Gasteiger partial charge in [-0.15, -0.1) is 0 Å². The molecule has 134 valence electrons. The first kappa shape index (κ1) is 17.5. The fraction of sp³-hybridized carbons (Fsp3) is 0.526. The highest BCUT2D eigenvalue weighted by Gasteiger charge is 2.21. The summed E-state index contributed by atoms with van der Waals surface area (Å²) in [6.45, 7) is 7.21. The van der Waals surface area contributed by atoms with E-state index in [4.69, 9.17) is 0 Å². The zero-order valence-corrected chi connectivity index (χ0v) is 15.3. The molecule has 0 saturated heterocycles. The van der Waals surface area contributed by atoms with Crippen molar-refractivity contribution < 1.29 is 4.79 Å². The molecule has 1 aliphatic rings. The van der Waals surface area contributed by atoms with E-state index in [-0.39, 0.29) is 18.1 Å². The number of likely N-dealkylation sites (N-methyl/N-ethyl adjacent to an activating group) is 1. The molecule has 2 heterocycles. The Hall–Kier alpha value is -2.37. The number of carbonyl (C=O) groups is 1. The molecule has 0 unspecified atom stereocenters. The summed E-state index contributed by atoms with van der Waals surface area (Å²) in [5.41, 5.74) is 2.90. The fourth-order valence-electron chi connectivity index (χ4n) is 3.43. The average Bonchev–Trinajstić information content (AvgIpc) is 2.76. The summed E-state index contributed by atoms with van der Waals surface area (Å²) in [4.78, 5) is 27.2. The zero-order valence-electron chi connectivity index (χ0n) is 15.3. The predicted octanol–water partition coefficient (Wildman–Crippen LogP) is 2.44. The summed E-state index contributed by atoms with van der Waals surface area (Å²) < 4.78 is 3.06. The molecule has 0 N–H and O–H groups in total. The van der Waals surface area contributed by atoms with Gasteiger partial charge in [0, 0.05) is 25.2 Å². The Balaban J connectivity index is 1.86. The SMILES string of the molecule is CCN(C(=O)Cn1nc2n(c1=O)CCCCC2)c1cc(C)ccc1C. The van der Waals surface area contributed by atoms with E-state index in [0.29, 0.717) is 13.1 Å². The summed E-state index contributed by atoms with van der Waals surface area (Å²) in [5, 5.41) is 4.42. The monoisotopic (exact) mass is 342 g/mol. The van der Waals surface area contributed by atoms with Crippen molar-refractivity contribution in [2.45, 2.75) is 59.5 Å². The van der Waals surface area contributed by atoms with Crippen LogP contribution in [0.4, 0.5) is 5.69 Å². The second-order valence-corrected chi connectivity index (χ2v) is 6.75. The smallest absolute Gasteiger partial charge is 0.311 e. The molecule has 0 spiro atoms. The van der Waals surface area contributed by atoms with E-state index in [1.54, 1.807) is 9.47 Å². The maximum absolute atomic E-state index is 12.9. The number of fused-ring (bicyclic) bond motifs is 1. The Morgan fingerprint density at radius 3 is 2.80 bits per heavy atom. The second kappa shape index (κ2) is 7.25. The number of hydrogen-bond donors (Lipinski definition) is 0. The highest BCUT2D eigenvalue weighted by atomic mass is 16.2. The van der Waals surface area contributed by atoms with E-state index < -0.39 is 0 Å². The van der Waals surface area contributed by atoms with Crippen LogP contribution in [-0.4, -0.2) is 26.8 Å². The van der Waals surface area contributed by atoms with Crippen LogP contribution in [0.3, 0.4) is 0 Å². The third-order valence-corrected chi connectivity index (χ3v) is 4.84. The molecule has 0 bridgehead atoms. The van der Waals surface area contributed by atoms with Gasteiger partial charge in [-0.1, -0.05) is 18.6 Å². The Kier molecular flexibility index (Phi) is 5.06. The molecule has 0 radical (unpaired) electrons. The quantitative estimate of drug-likeness (QED) is 0.857. The summed E-state index contributed by atoms with van der Waals surface area (Å²) in [6.07, 6.45) is 3.98. The first-order valence-electron chi connectivity index (χ1n) is 9.05. The molecule has 1 amide bonds. The van der Waals surface area contributed by atoms with Crippen LogP contribution in [0.15, 0.2) is 23.0 Å². The maximum atomic E-state index is 12.9. The summed E-state index contributed by atoms with van der Waals surface area (Å²) in [6, 6.07) is 6.07. The number of aromatic nitrogens is 3. The van der Waals surface area contributed by atoms with Crippen molar-refractivity contribution in [3.05, 3.63) is 45.6 Å². The fourth-order valence-corrected chi connectivity index (χ4v) is 3.43. The highest BCUT2D eigenvalue weighted by Crippen LogP contribution is 2.22. The molecule has 2 aromatic rings. The number of hydrogen-bond acceptors (Lipinski definition) is 3. The summed E-state index contributed by atoms with van der Waals surface area (Å²) in [7, 11) is 0. The molecule has 25 heavy (non-hydrogen) atoms. The Labute approximate surface area is 148 Å². The molecule has 1 aromatic carbocycles. The van der Waals surface area contributed by atoms with Crippen molar-refractivity contribution >= 4 is 11.6 Å². The largest absolute Gasteiger partial charge is 0.346 e. The second-order valence-electron chi connectivity index (χ2n) is 6.75. The van der Waals surface area contributed by atoms with Crippen LogP contribution in [0.2, 0.25) is 0 Å². The minimum Gasteiger partial charge on any atom is -0.311 e. The molecule has 6 heteroatoms. The molecular formula is C19H26N4O2. The van der Waals surface area contributed by atoms with Gasteiger partial charge < -0.3 is 4.90 Å². The third-order valence-electron chi connectivity index (χ3n) is 4.84. The lowest BCUT2D eigenvalue weighted by Gasteiger charge is -2.23. The van der Waals surface area contributed by atoms with Gasteiger partial charge in [-0.2, -0.15) is 5.10 Å². The Morgan fingerprint density at radius 2 is 2.04 bits per heavy atom. The van der Waals surface area contributed by atoms with Gasteiger partial charge in [-0.3, -0.25) is 9.36 Å². The third kappa shape index (κ3) is 3.52.